The summed E-state index contributed by atoms with van der Waals surface area (Å²) < 4.78 is 0. The van der Waals surface area contributed by atoms with E-state index in [0.717, 1.165) is 38.2 Å². The van der Waals surface area contributed by atoms with Gasteiger partial charge in [0.2, 0.25) is 0 Å². The van der Waals surface area contributed by atoms with Gasteiger partial charge in [0.25, 0.3) is 0 Å². The van der Waals surface area contributed by atoms with Gasteiger partial charge in [0.05, 0.1) is 0 Å². The fraction of sp³-hybridized carbons (Fsp3) is 0.280. The highest BCUT2D eigenvalue weighted by atomic mass is 35.5. The molecule has 0 aliphatic heterocycles. The van der Waals surface area contributed by atoms with Crippen LogP contribution in [0.1, 0.15) is 36.1 Å². The zero-order chi connectivity index (χ0) is 20.5. The smallest absolute Gasteiger partial charge is 0.0468 e. The Labute approximate surface area is 184 Å². The van der Waals surface area contributed by atoms with E-state index in [-0.39, 0.29) is 6.04 Å². The van der Waals surface area contributed by atoms with Crippen molar-refractivity contribution in [1.82, 2.24) is 10.2 Å². The first-order valence-electron chi connectivity index (χ1n) is 10.1. The van der Waals surface area contributed by atoms with Crippen LogP contribution in [0.2, 0.25) is 10.0 Å². The van der Waals surface area contributed by atoms with E-state index < -0.39 is 0 Å². The number of nitrogens with one attached hydrogen (secondary N) is 1. The van der Waals surface area contributed by atoms with E-state index >= 15 is 0 Å². The van der Waals surface area contributed by atoms with Crippen molar-refractivity contribution in [1.29, 1.82) is 0 Å². The van der Waals surface area contributed by atoms with Gasteiger partial charge in [0.15, 0.2) is 0 Å². The summed E-state index contributed by atoms with van der Waals surface area (Å²) in [5.41, 5.74) is 3.77. The summed E-state index contributed by atoms with van der Waals surface area (Å²) in [5, 5.41) is 4.97. The maximum absolute atomic E-state index is 6.34. The van der Waals surface area contributed by atoms with Crippen molar-refractivity contribution in [3.63, 3.8) is 0 Å². The Bertz CT molecular complexity index is 827. The summed E-state index contributed by atoms with van der Waals surface area (Å²) in [6.07, 6.45) is 1.06. The minimum atomic E-state index is 0.191. The molecule has 0 radical (unpaired) electrons. The van der Waals surface area contributed by atoms with Gasteiger partial charge in [-0.15, -0.1) is 0 Å². The Morgan fingerprint density at radius 1 is 0.828 bits per heavy atom. The van der Waals surface area contributed by atoms with Crippen LogP contribution in [0.5, 0.6) is 0 Å². The van der Waals surface area contributed by atoms with Gasteiger partial charge in [-0.3, -0.25) is 4.90 Å². The second kappa shape index (κ2) is 11.4. The van der Waals surface area contributed by atoms with Crippen LogP contribution in [0.4, 0.5) is 0 Å². The average molecular weight is 427 g/mol. The third-order valence-corrected chi connectivity index (χ3v) is 5.59. The van der Waals surface area contributed by atoms with Crippen LogP contribution in [0.3, 0.4) is 0 Å². The van der Waals surface area contributed by atoms with Gasteiger partial charge in [-0.1, -0.05) is 89.9 Å². The third kappa shape index (κ3) is 7.17. The largest absolute Gasteiger partial charge is 0.310 e. The van der Waals surface area contributed by atoms with E-state index in [1.807, 2.05) is 12.1 Å². The monoisotopic (exact) mass is 426 g/mol. The van der Waals surface area contributed by atoms with Crippen LogP contribution in [0.25, 0.3) is 0 Å². The molecule has 1 atom stereocenters. The maximum Gasteiger partial charge on any atom is 0.0468 e. The highest BCUT2D eigenvalue weighted by molar-refractivity contribution is 6.35. The summed E-state index contributed by atoms with van der Waals surface area (Å²) in [5.74, 6) is 0. The minimum absolute atomic E-state index is 0.191. The van der Waals surface area contributed by atoms with E-state index in [1.54, 1.807) is 6.07 Å². The molecule has 1 unspecified atom stereocenters. The molecular weight excluding hydrogens is 399 g/mol. The third-order valence-electron chi connectivity index (χ3n) is 5.03. The zero-order valence-electron chi connectivity index (χ0n) is 16.8. The first-order valence-corrected chi connectivity index (χ1v) is 10.9. The molecule has 29 heavy (non-hydrogen) atoms. The number of rotatable bonds is 10. The van der Waals surface area contributed by atoms with E-state index in [0.29, 0.717) is 10.0 Å². The highest BCUT2D eigenvalue weighted by Gasteiger charge is 2.11. The van der Waals surface area contributed by atoms with Crippen LogP contribution in [0.15, 0.2) is 78.9 Å². The predicted molar refractivity (Wildman–Crippen MR) is 124 cm³/mol. The second-order valence-corrected chi connectivity index (χ2v) is 8.22. The zero-order valence-corrected chi connectivity index (χ0v) is 18.3. The number of nitrogens with zero attached hydrogens (tertiary/aromatic N) is 1. The highest BCUT2D eigenvalue weighted by Crippen LogP contribution is 2.26. The first kappa shape index (κ1) is 21.9. The molecule has 152 valence electrons. The fourth-order valence-corrected chi connectivity index (χ4v) is 4.05. The molecule has 0 heterocycles. The van der Waals surface area contributed by atoms with Crippen molar-refractivity contribution >= 4 is 23.2 Å². The number of halogens is 2. The number of benzene rings is 3. The van der Waals surface area contributed by atoms with Gasteiger partial charge in [-0.25, -0.2) is 0 Å². The van der Waals surface area contributed by atoms with Gasteiger partial charge >= 0.3 is 0 Å². The lowest BCUT2D eigenvalue weighted by atomic mass is 10.1. The molecule has 0 aliphatic carbocycles. The topological polar surface area (TPSA) is 15.3 Å². The Hall–Kier alpha value is -1.84. The van der Waals surface area contributed by atoms with Crippen LogP contribution >= 0.6 is 23.2 Å². The van der Waals surface area contributed by atoms with Crippen molar-refractivity contribution in [2.75, 3.05) is 13.1 Å². The molecule has 0 fully saturated rings. The summed E-state index contributed by atoms with van der Waals surface area (Å²) in [6.45, 7) is 6.00. The van der Waals surface area contributed by atoms with E-state index in [9.17, 15) is 0 Å². The van der Waals surface area contributed by atoms with Gasteiger partial charge in [0.1, 0.15) is 0 Å². The van der Waals surface area contributed by atoms with Crippen LogP contribution < -0.4 is 5.32 Å². The molecule has 4 heteroatoms. The molecule has 3 aromatic carbocycles. The fourth-order valence-electron chi connectivity index (χ4n) is 3.48. The number of hydrogen-bond acceptors (Lipinski definition) is 2. The van der Waals surface area contributed by atoms with E-state index in [1.165, 1.54) is 11.1 Å². The van der Waals surface area contributed by atoms with Crippen molar-refractivity contribution in [2.24, 2.45) is 0 Å². The molecule has 2 nitrogen and oxygen atoms in total. The van der Waals surface area contributed by atoms with E-state index in [2.05, 4.69) is 77.8 Å². The van der Waals surface area contributed by atoms with Crippen LogP contribution in [-0.2, 0) is 13.1 Å². The van der Waals surface area contributed by atoms with Gasteiger partial charge < -0.3 is 5.32 Å². The minimum Gasteiger partial charge on any atom is -0.310 e. The summed E-state index contributed by atoms with van der Waals surface area (Å²) >= 11 is 12.3. The summed E-state index contributed by atoms with van der Waals surface area (Å²) in [7, 11) is 0. The van der Waals surface area contributed by atoms with Crippen LogP contribution in [0, 0.1) is 0 Å². The van der Waals surface area contributed by atoms with Crippen molar-refractivity contribution < 1.29 is 0 Å². The summed E-state index contributed by atoms with van der Waals surface area (Å²) in [4.78, 5) is 2.51. The average Bonchev–Trinajstić information content (AvgIpc) is 2.72. The Kier molecular flexibility index (Phi) is 8.57. The number of hydrogen-bond donors (Lipinski definition) is 1. The molecule has 1 N–H and O–H groups in total. The summed E-state index contributed by atoms with van der Waals surface area (Å²) in [6, 6.07) is 27.2. The normalized spacial score (nSPS) is 12.3. The Morgan fingerprint density at radius 3 is 1.97 bits per heavy atom. The maximum atomic E-state index is 6.34. The second-order valence-electron chi connectivity index (χ2n) is 7.38. The molecular formula is C25H28Cl2N2. The van der Waals surface area contributed by atoms with Crippen molar-refractivity contribution in [3.05, 3.63) is 106 Å². The molecule has 0 saturated carbocycles. The van der Waals surface area contributed by atoms with Gasteiger partial charge in [-0.2, -0.15) is 0 Å². The van der Waals surface area contributed by atoms with Gasteiger partial charge in [0, 0.05) is 35.7 Å². The molecule has 0 spiro atoms. The van der Waals surface area contributed by atoms with Crippen LogP contribution in [-0.4, -0.2) is 18.0 Å². The lowest BCUT2D eigenvalue weighted by Crippen LogP contribution is -2.28. The molecule has 0 amide bonds. The lowest BCUT2D eigenvalue weighted by Gasteiger charge is -2.23. The quantitative estimate of drug-likeness (QED) is 0.361. The molecule has 3 rings (SSSR count). The van der Waals surface area contributed by atoms with Gasteiger partial charge in [-0.05, 0) is 48.7 Å². The first-order chi connectivity index (χ1) is 14.1. The Morgan fingerprint density at radius 2 is 1.41 bits per heavy atom. The molecule has 0 aromatic heterocycles. The molecule has 0 bridgehead atoms. The molecule has 0 aliphatic rings. The predicted octanol–water partition coefficient (Wildman–Crippen LogP) is 6.74. The lowest BCUT2D eigenvalue weighted by molar-refractivity contribution is 0.251. The Balaban J connectivity index is 1.53. The van der Waals surface area contributed by atoms with Crippen molar-refractivity contribution in [3.8, 4) is 0 Å². The standard InChI is InChI=1S/C25H28Cl2N2/c1-20(24-14-13-23(26)17-25(24)27)28-15-8-16-29(18-21-9-4-2-5-10-21)19-22-11-6-3-7-12-22/h2-7,9-14,17,20,28H,8,15-16,18-19H2,1H3. The van der Waals surface area contributed by atoms with Crippen molar-refractivity contribution in [2.45, 2.75) is 32.5 Å². The molecule has 0 saturated heterocycles. The van der Waals surface area contributed by atoms with E-state index in [4.69, 9.17) is 23.2 Å². The SMILES string of the molecule is CC(NCCCN(Cc1ccccc1)Cc1ccccc1)c1ccc(Cl)cc1Cl. The molecule has 3 aromatic rings.